The molecule has 0 saturated carbocycles. The van der Waals surface area contributed by atoms with Crippen LogP contribution in [0.25, 0.3) is 0 Å². The molecule has 0 heterocycles. The zero-order valence-corrected chi connectivity index (χ0v) is 11.5. The number of hydrogen-bond donors (Lipinski definition) is 2. The number of thiocarbonyl (C=S) groups is 1. The monoisotopic (exact) mass is 259 g/mol. The van der Waals surface area contributed by atoms with Crippen LogP contribution in [-0.2, 0) is 9.59 Å². The van der Waals surface area contributed by atoms with Crippen molar-refractivity contribution in [2.45, 2.75) is 27.2 Å². The first-order chi connectivity index (χ1) is 7.93. The summed E-state index contributed by atoms with van der Waals surface area (Å²) in [6.45, 7) is 7.19. The highest BCUT2D eigenvalue weighted by atomic mass is 32.1. The molecule has 0 saturated heterocycles. The summed E-state index contributed by atoms with van der Waals surface area (Å²) >= 11 is 4.72. The molecule has 3 N–H and O–H groups in total. The molecule has 1 unspecified atom stereocenters. The van der Waals surface area contributed by atoms with Crippen molar-refractivity contribution >= 4 is 29.0 Å². The fourth-order valence-electron chi connectivity index (χ4n) is 1.31. The zero-order chi connectivity index (χ0) is 13.4. The molecule has 0 aromatic heterocycles. The Morgan fingerprint density at radius 2 is 1.88 bits per heavy atom. The smallest absolute Gasteiger partial charge is 0.229 e. The van der Waals surface area contributed by atoms with Gasteiger partial charge in [-0.25, -0.2) is 0 Å². The lowest BCUT2D eigenvalue weighted by molar-refractivity contribution is -0.130. The number of nitrogens with one attached hydrogen (secondary N) is 1. The molecule has 6 heteroatoms. The molecule has 0 bridgehead atoms. The van der Waals surface area contributed by atoms with Crippen molar-refractivity contribution in [3.05, 3.63) is 0 Å². The quantitative estimate of drug-likeness (QED) is 0.644. The van der Waals surface area contributed by atoms with Gasteiger partial charge in [-0.05, 0) is 20.8 Å². The molecule has 98 valence electrons. The molecule has 0 aliphatic heterocycles. The van der Waals surface area contributed by atoms with Crippen molar-refractivity contribution in [1.82, 2.24) is 10.2 Å². The fraction of sp³-hybridized carbons (Fsp3) is 0.727. The lowest BCUT2D eigenvalue weighted by Gasteiger charge is -2.18. The summed E-state index contributed by atoms with van der Waals surface area (Å²) in [6.07, 6.45) is 0.303. The minimum Gasteiger partial charge on any atom is -0.393 e. The van der Waals surface area contributed by atoms with Crippen LogP contribution in [0.4, 0.5) is 0 Å². The summed E-state index contributed by atoms with van der Waals surface area (Å²) in [4.78, 5) is 25.0. The predicted molar refractivity (Wildman–Crippen MR) is 71.5 cm³/mol. The fourth-order valence-corrected chi connectivity index (χ4v) is 1.42. The summed E-state index contributed by atoms with van der Waals surface area (Å²) in [5, 5.41) is 2.64. The molecule has 0 spiro atoms. The Hall–Kier alpha value is -1.17. The molecule has 0 aromatic carbocycles. The van der Waals surface area contributed by atoms with Gasteiger partial charge in [-0.3, -0.25) is 9.59 Å². The van der Waals surface area contributed by atoms with Crippen LogP contribution >= 0.6 is 12.2 Å². The van der Waals surface area contributed by atoms with E-state index in [-0.39, 0.29) is 16.8 Å². The molecule has 0 aromatic rings. The van der Waals surface area contributed by atoms with Gasteiger partial charge < -0.3 is 16.0 Å². The maximum Gasteiger partial charge on any atom is 0.229 e. The number of hydrogen-bond acceptors (Lipinski definition) is 3. The van der Waals surface area contributed by atoms with Crippen LogP contribution < -0.4 is 11.1 Å². The summed E-state index contributed by atoms with van der Waals surface area (Å²) in [7, 11) is 0. The van der Waals surface area contributed by atoms with Crippen LogP contribution in [0.5, 0.6) is 0 Å². The molecule has 0 radical (unpaired) electrons. The van der Waals surface area contributed by atoms with E-state index in [1.165, 1.54) is 0 Å². The third kappa shape index (κ3) is 5.63. The Morgan fingerprint density at radius 1 is 1.35 bits per heavy atom. The van der Waals surface area contributed by atoms with Gasteiger partial charge in [0, 0.05) is 26.1 Å². The second kappa shape index (κ2) is 8.00. The SMILES string of the molecule is CCN(CC)C(=O)CCNC(=O)C(C)C(N)=S. The highest BCUT2D eigenvalue weighted by Crippen LogP contribution is 1.96. The number of nitrogens with two attached hydrogens (primary N) is 1. The van der Waals surface area contributed by atoms with Gasteiger partial charge in [0.1, 0.15) is 0 Å². The van der Waals surface area contributed by atoms with E-state index in [0.717, 1.165) is 0 Å². The van der Waals surface area contributed by atoms with Crippen LogP contribution in [-0.4, -0.2) is 41.3 Å². The van der Waals surface area contributed by atoms with Gasteiger partial charge in [0.15, 0.2) is 0 Å². The lowest BCUT2D eigenvalue weighted by atomic mass is 10.1. The molecule has 1 atom stereocenters. The molecule has 5 nitrogen and oxygen atoms in total. The van der Waals surface area contributed by atoms with Crippen molar-refractivity contribution in [2.75, 3.05) is 19.6 Å². The van der Waals surface area contributed by atoms with E-state index in [0.29, 0.717) is 26.1 Å². The summed E-state index contributed by atoms with van der Waals surface area (Å²) in [5.41, 5.74) is 5.36. The van der Waals surface area contributed by atoms with E-state index in [1.54, 1.807) is 11.8 Å². The Morgan fingerprint density at radius 3 is 2.29 bits per heavy atom. The molecule has 0 aliphatic carbocycles. The predicted octanol–water partition coefficient (Wildman–Crippen LogP) is 0.283. The van der Waals surface area contributed by atoms with Crippen LogP contribution in [0.2, 0.25) is 0 Å². The van der Waals surface area contributed by atoms with Gasteiger partial charge in [0.25, 0.3) is 0 Å². The van der Waals surface area contributed by atoms with Gasteiger partial charge in [-0.1, -0.05) is 12.2 Å². The molecule has 0 aliphatic rings. The first-order valence-electron chi connectivity index (χ1n) is 5.78. The highest BCUT2D eigenvalue weighted by Gasteiger charge is 2.15. The minimum atomic E-state index is -0.492. The van der Waals surface area contributed by atoms with E-state index in [9.17, 15) is 9.59 Å². The molecule has 17 heavy (non-hydrogen) atoms. The Kier molecular flexibility index (Phi) is 7.45. The van der Waals surface area contributed by atoms with Gasteiger partial charge >= 0.3 is 0 Å². The first kappa shape index (κ1) is 15.8. The average molecular weight is 259 g/mol. The van der Waals surface area contributed by atoms with Crippen LogP contribution in [0.1, 0.15) is 27.2 Å². The molecular weight excluding hydrogens is 238 g/mol. The van der Waals surface area contributed by atoms with Crippen molar-refractivity contribution < 1.29 is 9.59 Å². The number of carbonyl (C=O) groups is 2. The largest absolute Gasteiger partial charge is 0.393 e. The van der Waals surface area contributed by atoms with E-state index < -0.39 is 5.92 Å². The van der Waals surface area contributed by atoms with E-state index in [2.05, 4.69) is 5.32 Å². The third-order valence-electron chi connectivity index (χ3n) is 2.57. The van der Waals surface area contributed by atoms with Gasteiger partial charge in [-0.2, -0.15) is 0 Å². The second-order valence-corrected chi connectivity index (χ2v) is 4.20. The number of carbonyl (C=O) groups excluding carboxylic acids is 2. The van der Waals surface area contributed by atoms with Gasteiger partial charge in [0.2, 0.25) is 11.8 Å². The van der Waals surface area contributed by atoms with Crippen molar-refractivity contribution in [2.24, 2.45) is 11.7 Å². The maximum absolute atomic E-state index is 11.6. The second-order valence-electron chi connectivity index (χ2n) is 3.73. The number of amides is 2. The van der Waals surface area contributed by atoms with E-state index in [1.807, 2.05) is 13.8 Å². The third-order valence-corrected chi connectivity index (χ3v) is 2.93. The van der Waals surface area contributed by atoms with E-state index in [4.69, 9.17) is 18.0 Å². The Labute approximate surface area is 108 Å². The van der Waals surface area contributed by atoms with Gasteiger partial charge in [-0.15, -0.1) is 0 Å². The van der Waals surface area contributed by atoms with E-state index >= 15 is 0 Å². The summed E-state index contributed by atoms with van der Waals surface area (Å²) in [6, 6.07) is 0. The number of nitrogens with zero attached hydrogens (tertiary/aromatic N) is 1. The van der Waals surface area contributed by atoms with Crippen molar-refractivity contribution in [3.63, 3.8) is 0 Å². The maximum atomic E-state index is 11.6. The topological polar surface area (TPSA) is 75.4 Å². The number of rotatable bonds is 7. The summed E-state index contributed by atoms with van der Waals surface area (Å²) < 4.78 is 0. The first-order valence-corrected chi connectivity index (χ1v) is 6.19. The standard InChI is InChI=1S/C11H21N3O2S/c1-4-14(5-2)9(15)6-7-13-11(16)8(3)10(12)17/h8H,4-7H2,1-3H3,(H2,12,17)(H,13,16). The Bertz CT molecular complexity index is 290. The Balaban J connectivity index is 3.95. The van der Waals surface area contributed by atoms with Crippen molar-refractivity contribution in [1.29, 1.82) is 0 Å². The zero-order valence-electron chi connectivity index (χ0n) is 10.7. The highest BCUT2D eigenvalue weighted by molar-refractivity contribution is 7.80. The van der Waals surface area contributed by atoms with Gasteiger partial charge in [0.05, 0.1) is 10.9 Å². The van der Waals surface area contributed by atoms with Crippen LogP contribution in [0.15, 0.2) is 0 Å². The summed E-state index contributed by atoms with van der Waals surface area (Å²) in [5.74, 6) is -0.684. The molecule has 2 amide bonds. The van der Waals surface area contributed by atoms with Crippen LogP contribution in [0.3, 0.4) is 0 Å². The van der Waals surface area contributed by atoms with Crippen molar-refractivity contribution in [3.8, 4) is 0 Å². The molecule has 0 fully saturated rings. The molecule has 0 rings (SSSR count). The average Bonchev–Trinajstić information content (AvgIpc) is 2.29. The lowest BCUT2D eigenvalue weighted by Crippen LogP contribution is -2.38. The normalized spacial score (nSPS) is 11.7. The molecular formula is C11H21N3O2S. The minimum absolute atomic E-state index is 0.0401. The van der Waals surface area contributed by atoms with Crippen LogP contribution in [0, 0.1) is 5.92 Å².